The van der Waals surface area contributed by atoms with Gasteiger partial charge in [0.2, 0.25) is 0 Å². The van der Waals surface area contributed by atoms with Crippen LogP contribution >= 0.6 is 31.9 Å². The maximum absolute atomic E-state index is 4.39. The molecule has 2 aromatic rings. The Balaban J connectivity index is 2.80. The molecule has 2 rings (SSSR count). The third-order valence-electron chi connectivity index (χ3n) is 2.04. The van der Waals surface area contributed by atoms with E-state index in [1.54, 1.807) is 0 Å². The number of rotatable bonds is 1. The Morgan fingerprint density at radius 3 is 2.92 bits per heavy atom. The van der Waals surface area contributed by atoms with Crippen molar-refractivity contribution in [3.05, 3.63) is 28.4 Å². The summed E-state index contributed by atoms with van der Waals surface area (Å²) in [5.74, 6) is 0. The summed E-state index contributed by atoms with van der Waals surface area (Å²) in [6.07, 6.45) is 0. The van der Waals surface area contributed by atoms with Crippen molar-refractivity contribution in [1.29, 1.82) is 0 Å². The van der Waals surface area contributed by atoms with E-state index < -0.39 is 0 Å². The van der Waals surface area contributed by atoms with Crippen LogP contribution < -0.4 is 0 Å². The molecule has 0 unspecified atom stereocenters. The van der Waals surface area contributed by atoms with E-state index in [0.717, 1.165) is 15.3 Å². The van der Waals surface area contributed by atoms with E-state index in [0.29, 0.717) is 0 Å². The summed E-state index contributed by atoms with van der Waals surface area (Å²) < 4.78 is 3.00. The molecule has 0 aliphatic heterocycles. The van der Waals surface area contributed by atoms with E-state index in [1.807, 2.05) is 23.9 Å². The Labute approximate surface area is 93.2 Å². The van der Waals surface area contributed by atoms with Crippen LogP contribution in [0.5, 0.6) is 0 Å². The van der Waals surface area contributed by atoms with Crippen LogP contribution in [0, 0.1) is 0 Å². The first-order chi connectivity index (χ1) is 6.22. The van der Waals surface area contributed by atoms with Crippen LogP contribution in [-0.2, 0) is 12.4 Å². The summed E-state index contributed by atoms with van der Waals surface area (Å²) in [4.78, 5) is 0. The van der Waals surface area contributed by atoms with Crippen molar-refractivity contribution in [2.24, 2.45) is 7.05 Å². The lowest BCUT2D eigenvalue weighted by Gasteiger charge is -1.95. The minimum Gasteiger partial charge on any atom is -0.271 e. The number of alkyl halides is 1. The predicted molar refractivity (Wildman–Crippen MR) is 61.0 cm³/mol. The molecule has 1 aromatic heterocycles. The van der Waals surface area contributed by atoms with Gasteiger partial charge in [-0.3, -0.25) is 4.68 Å². The van der Waals surface area contributed by atoms with Gasteiger partial charge < -0.3 is 0 Å². The van der Waals surface area contributed by atoms with Crippen molar-refractivity contribution in [3.8, 4) is 0 Å². The molecule has 0 saturated carbocycles. The smallest absolute Gasteiger partial charge is 0.0927 e. The van der Waals surface area contributed by atoms with Gasteiger partial charge in [0.05, 0.1) is 11.2 Å². The molecule has 0 atom stereocenters. The first kappa shape index (κ1) is 9.21. The second-order valence-corrected chi connectivity index (χ2v) is 4.34. The SMILES string of the molecule is Cn1nc2ccc(Br)cc2c1CBr. The van der Waals surface area contributed by atoms with E-state index in [9.17, 15) is 0 Å². The molecule has 0 aliphatic carbocycles. The van der Waals surface area contributed by atoms with Gasteiger partial charge >= 0.3 is 0 Å². The van der Waals surface area contributed by atoms with Gasteiger partial charge in [0.1, 0.15) is 0 Å². The van der Waals surface area contributed by atoms with Crippen LogP contribution in [-0.4, -0.2) is 9.78 Å². The lowest BCUT2D eigenvalue weighted by Crippen LogP contribution is -1.94. The molecule has 0 fully saturated rings. The molecule has 0 bridgehead atoms. The number of benzene rings is 1. The molecule has 0 radical (unpaired) electrons. The standard InChI is InChI=1S/C9H8Br2N2/c1-13-9(5-10)7-4-6(11)2-3-8(7)12-13/h2-4H,5H2,1H3. The van der Waals surface area contributed by atoms with Gasteiger partial charge in [0.25, 0.3) is 0 Å². The van der Waals surface area contributed by atoms with Crippen molar-refractivity contribution in [2.45, 2.75) is 5.33 Å². The van der Waals surface area contributed by atoms with Crippen LogP contribution in [0.2, 0.25) is 0 Å². The Kier molecular flexibility index (Phi) is 2.43. The summed E-state index contributed by atoms with van der Waals surface area (Å²) >= 11 is 6.91. The third kappa shape index (κ3) is 1.53. The first-order valence-electron chi connectivity index (χ1n) is 3.89. The van der Waals surface area contributed by atoms with Gasteiger partial charge in [-0.25, -0.2) is 0 Å². The van der Waals surface area contributed by atoms with Gasteiger partial charge in [-0.1, -0.05) is 31.9 Å². The minimum absolute atomic E-state index is 0.830. The summed E-state index contributed by atoms with van der Waals surface area (Å²) in [7, 11) is 1.96. The summed E-state index contributed by atoms with van der Waals surface area (Å²) in [5, 5.41) is 6.42. The fourth-order valence-electron chi connectivity index (χ4n) is 1.38. The minimum atomic E-state index is 0.830. The molecule has 68 valence electrons. The number of nitrogens with zero attached hydrogens (tertiary/aromatic N) is 2. The number of hydrogen-bond acceptors (Lipinski definition) is 1. The predicted octanol–water partition coefficient (Wildman–Crippen LogP) is 3.23. The highest BCUT2D eigenvalue weighted by atomic mass is 79.9. The highest BCUT2D eigenvalue weighted by Crippen LogP contribution is 2.23. The number of aryl methyl sites for hydroxylation is 1. The zero-order valence-electron chi connectivity index (χ0n) is 7.09. The molecule has 0 N–H and O–H groups in total. The van der Waals surface area contributed by atoms with E-state index in [4.69, 9.17) is 0 Å². The normalized spacial score (nSPS) is 11.0. The zero-order chi connectivity index (χ0) is 9.42. The number of halogens is 2. The summed E-state index contributed by atoms with van der Waals surface area (Å²) in [6.45, 7) is 0. The maximum atomic E-state index is 4.39. The molecule has 13 heavy (non-hydrogen) atoms. The second kappa shape index (κ2) is 3.42. The third-order valence-corrected chi connectivity index (χ3v) is 3.07. The molecule has 1 heterocycles. The van der Waals surface area contributed by atoms with Crippen LogP contribution in [0.15, 0.2) is 22.7 Å². The molecule has 0 spiro atoms. The van der Waals surface area contributed by atoms with E-state index in [2.05, 4.69) is 43.0 Å². The van der Waals surface area contributed by atoms with Crippen molar-refractivity contribution in [3.63, 3.8) is 0 Å². The van der Waals surface area contributed by atoms with Crippen molar-refractivity contribution in [1.82, 2.24) is 9.78 Å². The number of fused-ring (bicyclic) bond motifs is 1. The average Bonchev–Trinajstić information content (AvgIpc) is 2.40. The van der Waals surface area contributed by atoms with E-state index >= 15 is 0 Å². The highest BCUT2D eigenvalue weighted by molar-refractivity contribution is 9.10. The molecular weight excluding hydrogens is 296 g/mol. The zero-order valence-corrected chi connectivity index (χ0v) is 10.3. The molecule has 4 heteroatoms. The lowest BCUT2D eigenvalue weighted by atomic mass is 10.2. The van der Waals surface area contributed by atoms with Gasteiger partial charge in [0, 0.05) is 22.2 Å². The fraction of sp³-hybridized carbons (Fsp3) is 0.222. The Bertz CT molecular complexity index is 448. The summed E-state index contributed by atoms with van der Waals surface area (Å²) in [5.41, 5.74) is 2.25. The lowest BCUT2D eigenvalue weighted by molar-refractivity contribution is 0.748. The van der Waals surface area contributed by atoms with Gasteiger partial charge in [-0.15, -0.1) is 0 Å². The molecule has 0 saturated heterocycles. The topological polar surface area (TPSA) is 17.8 Å². The average molecular weight is 304 g/mol. The first-order valence-corrected chi connectivity index (χ1v) is 5.81. The van der Waals surface area contributed by atoms with Gasteiger partial charge in [-0.2, -0.15) is 5.10 Å². The monoisotopic (exact) mass is 302 g/mol. The number of aromatic nitrogens is 2. The number of hydrogen-bond donors (Lipinski definition) is 0. The van der Waals surface area contributed by atoms with Gasteiger partial charge in [0.15, 0.2) is 0 Å². The maximum Gasteiger partial charge on any atom is 0.0927 e. The van der Waals surface area contributed by atoms with Gasteiger partial charge in [-0.05, 0) is 18.2 Å². The fourth-order valence-corrected chi connectivity index (χ4v) is 2.41. The Morgan fingerprint density at radius 1 is 1.46 bits per heavy atom. The molecule has 1 aromatic carbocycles. The van der Waals surface area contributed by atoms with Crippen LogP contribution in [0.3, 0.4) is 0 Å². The van der Waals surface area contributed by atoms with Crippen molar-refractivity contribution >= 4 is 42.8 Å². The second-order valence-electron chi connectivity index (χ2n) is 2.87. The largest absolute Gasteiger partial charge is 0.271 e. The highest BCUT2D eigenvalue weighted by Gasteiger charge is 2.06. The van der Waals surface area contributed by atoms with Crippen LogP contribution in [0.25, 0.3) is 10.9 Å². The Hall–Kier alpha value is -0.350. The molecule has 0 amide bonds. The van der Waals surface area contributed by atoms with Crippen molar-refractivity contribution in [2.75, 3.05) is 0 Å². The Morgan fingerprint density at radius 2 is 2.23 bits per heavy atom. The van der Waals surface area contributed by atoms with Crippen LogP contribution in [0.4, 0.5) is 0 Å². The summed E-state index contributed by atoms with van der Waals surface area (Å²) in [6, 6.07) is 6.12. The van der Waals surface area contributed by atoms with E-state index in [1.165, 1.54) is 11.1 Å². The van der Waals surface area contributed by atoms with Crippen LogP contribution in [0.1, 0.15) is 5.69 Å². The van der Waals surface area contributed by atoms with E-state index in [-0.39, 0.29) is 0 Å². The quantitative estimate of drug-likeness (QED) is 0.740. The molecule has 2 nitrogen and oxygen atoms in total. The molecular formula is C9H8Br2N2. The molecule has 0 aliphatic rings. The van der Waals surface area contributed by atoms with Crippen molar-refractivity contribution < 1.29 is 0 Å².